The van der Waals surface area contributed by atoms with Gasteiger partial charge in [-0.1, -0.05) is 0 Å². The molecule has 0 aromatic heterocycles. The zero-order chi connectivity index (χ0) is 9.08. The molecule has 0 aromatic rings. The Bertz CT molecular complexity index is 169. The average Bonchev–Trinajstić information content (AvgIpc) is 2.14. The van der Waals surface area contributed by atoms with Crippen LogP contribution in [-0.2, 0) is 0 Å². The molecule has 0 bridgehead atoms. The number of hydrogen-bond donors (Lipinski definition) is 4. The van der Waals surface area contributed by atoms with Gasteiger partial charge in [-0.15, -0.1) is 0 Å². The summed E-state index contributed by atoms with van der Waals surface area (Å²) in [5, 5.41) is 0. The largest absolute Gasteiger partial charge is 0.324 e. The van der Waals surface area contributed by atoms with Gasteiger partial charge in [-0.25, -0.2) is 0 Å². The van der Waals surface area contributed by atoms with Gasteiger partial charge in [-0.3, -0.25) is 0 Å². The molecule has 0 radical (unpaired) electrons. The van der Waals surface area contributed by atoms with Crippen molar-refractivity contribution >= 4 is 0 Å². The fourth-order valence-electron chi connectivity index (χ4n) is 1.80. The summed E-state index contributed by atoms with van der Waals surface area (Å²) in [4.78, 5) is 0. The maximum absolute atomic E-state index is 5.97. The van der Waals surface area contributed by atoms with E-state index in [9.17, 15) is 0 Å². The lowest BCUT2D eigenvalue weighted by molar-refractivity contribution is 0.350. The van der Waals surface area contributed by atoms with Gasteiger partial charge >= 0.3 is 0 Å². The van der Waals surface area contributed by atoms with E-state index in [1.165, 1.54) is 0 Å². The van der Waals surface area contributed by atoms with Crippen LogP contribution in [0.5, 0.6) is 0 Å². The van der Waals surface area contributed by atoms with Crippen molar-refractivity contribution in [3.05, 3.63) is 0 Å². The lowest BCUT2D eigenvalue weighted by atomic mass is 9.90. The smallest absolute Gasteiger partial charge is 0.0698 e. The number of nitrogens with two attached hydrogens (primary N) is 4. The van der Waals surface area contributed by atoms with Gasteiger partial charge in [0.1, 0.15) is 0 Å². The SMILES string of the molecule is CC(C)(N)C1(N)C(N)C1(C)N. The molecule has 1 saturated carbocycles. The molecule has 11 heavy (non-hydrogen) atoms. The topological polar surface area (TPSA) is 104 Å². The van der Waals surface area contributed by atoms with Crippen molar-refractivity contribution in [2.24, 2.45) is 22.9 Å². The van der Waals surface area contributed by atoms with E-state index < -0.39 is 16.6 Å². The van der Waals surface area contributed by atoms with Crippen molar-refractivity contribution in [2.75, 3.05) is 0 Å². The van der Waals surface area contributed by atoms with Crippen LogP contribution < -0.4 is 22.9 Å². The Morgan fingerprint density at radius 2 is 1.55 bits per heavy atom. The highest BCUT2D eigenvalue weighted by Gasteiger charge is 2.73. The molecule has 0 aromatic carbocycles. The first-order chi connectivity index (χ1) is 4.65. The van der Waals surface area contributed by atoms with E-state index in [0.717, 1.165) is 0 Å². The second-order valence-corrected chi connectivity index (χ2v) is 4.35. The van der Waals surface area contributed by atoms with Crippen LogP contribution in [0.15, 0.2) is 0 Å². The van der Waals surface area contributed by atoms with Crippen molar-refractivity contribution in [2.45, 2.75) is 43.4 Å². The molecule has 4 nitrogen and oxygen atoms in total. The fourth-order valence-corrected chi connectivity index (χ4v) is 1.80. The van der Waals surface area contributed by atoms with E-state index in [0.29, 0.717) is 0 Å². The van der Waals surface area contributed by atoms with E-state index in [2.05, 4.69) is 0 Å². The molecule has 3 atom stereocenters. The minimum Gasteiger partial charge on any atom is -0.324 e. The zero-order valence-electron chi connectivity index (χ0n) is 7.39. The molecule has 0 saturated heterocycles. The minimum absolute atomic E-state index is 0.199. The monoisotopic (exact) mass is 158 g/mol. The van der Waals surface area contributed by atoms with Crippen LogP contribution in [-0.4, -0.2) is 22.7 Å². The molecule has 66 valence electrons. The summed E-state index contributed by atoms with van der Waals surface area (Å²) in [5.74, 6) is 0. The third-order valence-corrected chi connectivity index (χ3v) is 3.01. The van der Waals surface area contributed by atoms with Gasteiger partial charge in [-0.2, -0.15) is 0 Å². The summed E-state index contributed by atoms with van der Waals surface area (Å²) in [6.07, 6.45) is 0. The first-order valence-corrected chi connectivity index (χ1v) is 3.78. The first-order valence-electron chi connectivity index (χ1n) is 3.78. The molecule has 3 unspecified atom stereocenters. The summed E-state index contributed by atoms with van der Waals surface area (Å²) >= 11 is 0. The van der Waals surface area contributed by atoms with Gasteiger partial charge in [0.25, 0.3) is 0 Å². The summed E-state index contributed by atoms with van der Waals surface area (Å²) < 4.78 is 0. The molecule has 8 N–H and O–H groups in total. The summed E-state index contributed by atoms with van der Waals surface area (Å²) in [5.41, 5.74) is 21.7. The first kappa shape index (κ1) is 8.93. The molecular weight excluding hydrogens is 140 g/mol. The fraction of sp³-hybridized carbons (Fsp3) is 1.00. The van der Waals surface area contributed by atoms with Gasteiger partial charge in [0.2, 0.25) is 0 Å². The van der Waals surface area contributed by atoms with Gasteiger partial charge < -0.3 is 22.9 Å². The Morgan fingerprint density at radius 1 is 1.27 bits per heavy atom. The van der Waals surface area contributed by atoms with Crippen molar-refractivity contribution in [3.63, 3.8) is 0 Å². The van der Waals surface area contributed by atoms with E-state index in [-0.39, 0.29) is 6.04 Å². The Hall–Kier alpha value is -0.160. The second kappa shape index (κ2) is 1.77. The maximum atomic E-state index is 5.97. The molecule has 1 aliphatic carbocycles. The van der Waals surface area contributed by atoms with Gasteiger partial charge in [0.15, 0.2) is 0 Å². The molecule has 0 aliphatic heterocycles. The normalized spacial score (nSPS) is 51.0. The highest BCUT2D eigenvalue weighted by molar-refractivity contribution is 5.39. The molecular formula is C7H18N4. The Kier molecular flexibility index (Phi) is 1.44. The quantitative estimate of drug-likeness (QED) is 0.372. The van der Waals surface area contributed by atoms with Gasteiger partial charge in [-0.05, 0) is 20.8 Å². The van der Waals surface area contributed by atoms with Crippen LogP contribution in [0.1, 0.15) is 20.8 Å². The third kappa shape index (κ3) is 0.780. The third-order valence-electron chi connectivity index (χ3n) is 3.01. The average molecular weight is 158 g/mol. The molecule has 1 fully saturated rings. The predicted octanol–water partition coefficient (Wildman–Crippen LogP) is -1.52. The molecule has 1 rings (SSSR count). The van der Waals surface area contributed by atoms with Gasteiger partial charge in [0.05, 0.1) is 11.1 Å². The Balaban J connectivity index is 2.92. The van der Waals surface area contributed by atoms with Crippen LogP contribution in [0.2, 0.25) is 0 Å². The highest BCUT2D eigenvalue weighted by Crippen LogP contribution is 2.47. The van der Waals surface area contributed by atoms with Crippen LogP contribution in [0, 0.1) is 0 Å². The molecule has 4 heteroatoms. The molecule has 0 heterocycles. The Labute approximate surface area is 67.3 Å². The van der Waals surface area contributed by atoms with E-state index in [1.54, 1.807) is 0 Å². The van der Waals surface area contributed by atoms with Crippen molar-refractivity contribution in [1.82, 2.24) is 0 Å². The minimum atomic E-state index is -0.625. The predicted molar refractivity (Wildman–Crippen MR) is 45.8 cm³/mol. The van der Waals surface area contributed by atoms with Crippen LogP contribution >= 0.6 is 0 Å². The van der Waals surface area contributed by atoms with E-state index in [1.807, 2.05) is 20.8 Å². The van der Waals surface area contributed by atoms with Crippen molar-refractivity contribution in [1.29, 1.82) is 0 Å². The Morgan fingerprint density at radius 3 is 1.55 bits per heavy atom. The van der Waals surface area contributed by atoms with Crippen LogP contribution in [0.3, 0.4) is 0 Å². The molecule has 0 amide bonds. The van der Waals surface area contributed by atoms with Crippen LogP contribution in [0.4, 0.5) is 0 Å². The molecule has 1 aliphatic rings. The lowest BCUT2D eigenvalue weighted by Gasteiger charge is -2.30. The number of hydrogen-bond acceptors (Lipinski definition) is 4. The highest BCUT2D eigenvalue weighted by atomic mass is 15.2. The van der Waals surface area contributed by atoms with Crippen molar-refractivity contribution < 1.29 is 0 Å². The van der Waals surface area contributed by atoms with Crippen molar-refractivity contribution in [3.8, 4) is 0 Å². The molecule has 0 spiro atoms. The standard InChI is InChI=1S/C7H18N4/c1-5(2,9)7(11)4(8)6(7,3)10/h4H,8-11H2,1-3H3. The van der Waals surface area contributed by atoms with Gasteiger partial charge in [0, 0.05) is 11.6 Å². The van der Waals surface area contributed by atoms with E-state index in [4.69, 9.17) is 22.9 Å². The zero-order valence-corrected chi connectivity index (χ0v) is 7.39. The summed E-state index contributed by atoms with van der Waals surface area (Å²) in [7, 11) is 0. The van der Waals surface area contributed by atoms with E-state index >= 15 is 0 Å². The summed E-state index contributed by atoms with van der Waals surface area (Å²) in [6, 6.07) is -0.199. The lowest BCUT2D eigenvalue weighted by Crippen LogP contribution is -2.60. The second-order valence-electron chi connectivity index (χ2n) is 4.35. The maximum Gasteiger partial charge on any atom is 0.0698 e. The number of rotatable bonds is 1. The van der Waals surface area contributed by atoms with Crippen LogP contribution in [0.25, 0.3) is 0 Å². The summed E-state index contributed by atoms with van der Waals surface area (Å²) in [6.45, 7) is 5.54.